The third kappa shape index (κ3) is 4.32. The molecule has 1 aromatic heterocycles. The highest BCUT2D eigenvalue weighted by Gasteiger charge is 2.21. The van der Waals surface area contributed by atoms with Crippen LogP contribution in [0.2, 0.25) is 0 Å². The van der Waals surface area contributed by atoms with Crippen LogP contribution >= 0.6 is 11.3 Å². The number of hydrogen-bond acceptors (Lipinski definition) is 4. The van der Waals surface area contributed by atoms with E-state index in [2.05, 4.69) is 11.1 Å². The van der Waals surface area contributed by atoms with Crippen molar-refractivity contribution in [2.24, 2.45) is 10.4 Å². The lowest BCUT2D eigenvalue weighted by molar-refractivity contribution is -0.143. The van der Waals surface area contributed by atoms with E-state index in [-0.39, 0.29) is 18.3 Å². The molecule has 0 fully saturated rings. The van der Waals surface area contributed by atoms with Gasteiger partial charge in [-0.25, -0.2) is 0 Å². The Labute approximate surface area is 146 Å². The number of rotatable bonds is 4. The molecule has 1 heterocycles. The van der Waals surface area contributed by atoms with Gasteiger partial charge in [-0.2, -0.15) is 4.99 Å². The Morgan fingerprint density at radius 2 is 2.00 bits per heavy atom. The molecule has 0 atom stereocenters. The Kier molecular flexibility index (Phi) is 5.59. The summed E-state index contributed by atoms with van der Waals surface area (Å²) in [4.78, 5) is 28.9. The Hall–Kier alpha value is -1.95. The average molecular weight is 348 g/mol. The topological polar surface area (TPSA) is 60.7 Å². The number of benzene rings is 1. The molecule has 5 nitrogen and oxygen atoms in total. The van der Waals surface area contributed by atoms with Gasteiger partial charge in [0.25, 0.3) is 5.91 Å². The zero-order valence-corrected chi connectivity index (χ0v) is 15.7. The number of aromatic nitrogens is 1. The zero-order chi connectivity index (χ0) is 17.9. The van der Waals surface area contributed by atoms with Crippen LogP contribution in [-0.2, 0) is 20.9 Å². The predicted molar refractivity (Wildman–Crippen MR) is 95.8 cm³/mol. The molecule has 1 aromatic carbocycles. The van der Waals surface area contributed by atoms with E-state index in [4.69, 9.17) is 4.74 Å². The van der Waals surface area contributed by atoms with E-state index in [9.17, 15) is 9.59 Å². The molecule has 2 rings (SSSR count). The second kappa shape index (κ2) is 7.30. The van der Waals surface area contributed by atoms with Gasteiger partial charge in [0, 0.05) is 12.0 Å². The van der Waals surface area contributed by atoms with Crippen LogP contribution in [-0.4, -0.2) is 23.1 Å². The van der Waals surface area contributed by atoms with Crippen molar-refractivity contribution in [2.75, 3.05) is 6.61 Å². The van der Waals surface area contributed by atoms with Crippen molar-refractivity contribution < 1.29 is 14.3 Å². The van der Waals surface area contributed by atoms with Crippen LogP contribution in [0.15, 0.2) is 23.2 Å². The molecule has 0 bridgehead atoms. The SMILES string of the molecule is CCOC(=O)CCn1c(=NC(=O)C(C)(C)C)sc2cc(C)ccc21. The van der Waals surface area contributed by atoms with Crippen molar-refractivity contribution in [3.8, 4) is 0 Å². The molecule has 0 aliphatic carbocycles. The van der Waals surface area contributed by atoms with Crippen LogP contribution in [0.3, 0.4) is 0 Å². The van der Waals surface area contributed by atoms with Crippen molar-refractivity contribution in [3.63, 3.8) is 0 Å². The molecular weight excluding hydrogens is 324 g/mol. The second-order valence-electron chi connectivity index (χ2n) is 6.73. The largest absolute Gasteiger partial charge is 0.466 e. The Balaban J connectivity index is 2.49. The molecule has 0 aliphatic rings. The first-order valence-electron chi connectivity index (χ1n) is 8.07. The number of thiazole rings is 1. The number of nitrogens with zero attached hydrogens (tertiary/aromatic N) is 2. The van der Waals surface area contributed by atoms with E-state index in [1.54, 1.807) is 6.92 Å². The molecule has 0 unspecified atom stereocenters. The van der Waals surface area contributed by atoms with E-state index >= 15 is 0 Å². The Morgan fingerprint density at radius 1 is 1.29 bits per heavy atom. The number of esters is 1. The molecule has 24 heavy (non-hydrogen) atoms. The quantitative estimate of drug-likeness (QED) is 0.795. The standard InChI is InChI=1S/C18H24N2O3S/c1-6-23-15(21)9-10-20-13-8-7-12(2)11-14(13)24-17(20)19-16(22)18(3,4)5/h7-8,11H,6,9-10H2,1-5H3. The van der Waals surface area contributed by atoms with Gasteiger partial charge in [-0.15, -0.1) is 0 Å². The van der Waals surface area contributed by atoms with Crippen LogP contribution in [0.5, 0.6) is 0 Å². The van der Waals surface area contributed by atoms with Gasteiger partial charge in [0.05, 0.1) is 23.2 Å². The van der Waals surface area contributed by atoms with E-state index in [1.807, 2.05) is 44.4 Å². The predicted octanol–water partition coefficient (Wildman–Crippen LogP) is 3.44. The average Bonchev–Trinajstić information content (AvgIpc) is 2.80. The lowest BCUT2D eigenvalue weighted by Crippen LogP contribution is -2.24. The summed E-state index contributed by atoms with van der Waals surface area (Å²) in [5.74, 6) is -0.416. The molecule has 0 radical (unpaired) electrons. The smallest absolute Gasteiger partial charge is 0.307 e. The minimum absolute atomic E-state index is 0.171. The van der Waals surface area contributed by atoms with Gasteiger partial charge in [-0.1, -0.05) is 38.2 Å². The summed E-state index contributed by atoms with van der Waals surface area (Å²) in [7, 11) is 0. The molecule has 0 saturated carbocycles. The second-order valence-corrected chi connectivity index (χ2v) is 7.74. The fourth-order valence-corrected chi connectivity index (χ4v) is 3.33. The Bertz CT molecular complexity index is 825. The summed E-state index contributed by atoms with van der Waals surface area (Å²) in [6, 6.07) is 6.10. The maximum atomic E-state index is 12.3. The van der Waals surface area contributed by atoms with Gasteiger partial charge in [0.1, 0.15) is 0 Å². The number of aryl methyl sites for hydroxylation is 2. The maximum absolute atomic E-state index is 12.3. The van der Waals surface area contributed by atoms with Gasteiger partial charge in [0.15, 0.2) is 4.80 Å². The van der Waals surface area contributed by atoms with Crippen LogP contribution in [0.25, 0.3) is 10.2 Å². The van der Waals surface area contributed by atoms with Crippen LogP contribution in [0.4, 0.5) is 0 Å². The Morgan fingerprint density at radius 3 is 2.62 bits per heavy atom. The lowest BCUT2D eigenvalue weighted by Gasteiger charge is -2.12. The molecule has 0 saturated heterocycles. The molecule has 0 aliphatic heterocycles. The van der Waals surface area contributed by atoms with Crippen molar-refractivity contribution >= 4 is 33.4 Å². The minimum Gasteiger partial charge on any atom is -0.466 e. The summed E-state index contributed by atoms with van der Waals surface area (Å²) < 4.78 is 7.99. The third-order valence-corrected chi connectivity index (χ3v) is 4.56. The summed E-state index contributed by atoms with van der Waals surface area (Å²) in [6.45, 7) is 10.2. The summed E-state index contributed by atoms with van der Waals surface area (Å²) in [6.07, 6.45) is 0.254. The van der Waals surface area contributed by atoms with Crippen molar-refractivity contribution in [1.82, 2.24) is 4.57 Å². The van der Waals surface area contributed by atoms with Crippen molar-refractivity contribution in [3.05, 3.63) is 28.6 Å². The lowest BCUT2D eigenvalue weighted by atomic mass is 9.96. The first-order valence-corrected chi connectivity index (χ1v) is 8.89. The number of carbonyl (C=O) groups is 2. The molecule has 2 aromatic rings. The molecule has 0 spiro atoms. The molecule has 0 N–H and O–H groups in total. The molecular formula is C18H24N2O3S. The minimum atomic E-state index is -0.537. The maximum Gasteiger partial charge on any atom is 0.307 e. The normalized spacial score (nSPS) is 12.6. The molecule has 130 valence electrons. The number of ether oxygens (including phenoxy) is 1. The van der Waals surface area contributed by atoms with Gasteiger partial charge < -0.3 is 9.30 Å². The summed E-state index contributed by atoms with van der Waals surface area (Å²) >= 11 is 1.47. The molecule has 1 amide bonds. The summed E-state index contributed by atoms with van der Waals surface area (Å²) in [5, 5.41) is 0. The van der Waals surface area contributed by atoms with Crippen LogP contribution in [0, 0.1) is 12.3 Å². The van der Waals surface area contributed by atoms with E-state index in [1.165, 1.54) is 11.3 Å². The zero-order valence-electron chi connectivity index (χ0n) is 14.9. The van der Waals surface area contributed by atoms with Crippen LogP contribution < -0.4 is 4.80 Å². The summed E-state index contributed by atoms with van der Waals surface area (Å²) in [5.41, 5.74) is 1.59. The van der Waals surface area contributed by atoms with E-state index in [0.29, 0.717) is 18.0 Å². The monoisotopic (exact) mass is 348 g/mol. The van der Waals surface area contributed by atoms with E-state index < -0.39 is 5.41 Å². The fraction of sp³-hybridized carbons (Fsp3) is 0.500. The highest BCUT2D eigenvalue weighted by atomic mass is 32.1. The third-order valence-electron chi connectivity index (χ3n) is 3.52. The molecule has 6 heteroatoms. The van der Waals surface area contributed by atoms with Gasteiger partial charge in [-0.05, 0) is 31.5 Å². The van der Waals surface area contributed by atoms with Crippen molar-refractivity contribution in [1.29, 1.82) is 0 Å². The van der Waals surface area contributed by atoms with Crippen LogP contribution in [0.1, 0.15) is 39.7 Å². The highest BCUT2D eigenvalue weighted by molar-refractivity contribution is 7.16. The number of fused-ring (bicyclic) bond motifs is 1. The highest BCUT2D eigenvalue weighted by Crippen LogP contribution is 2.20. The fourth-order valence-electron chi connectivity index (χ4n) is 2.17. The number of carbonyl (C=O) groups excluding carboxylic acids is 2. The van der Waals surface area contributed by atoms with Gasteiger partial charge >= 0.3 is 5.97 Å². The van der Waals surface area contributed by atoms with Gasteiger partial charge in [0.2, 0.25) is 0 Å². The van der Waals surface area contributed by atoms with Gasteiger partial charge in [-0.3, -0.25) is 9.59 Å². The number of amides is 1. The van der Waals surface area contributed by atoms with Crippen molar-refractivity contribution in [2.45, 2.75) is 47.6 Å². The first kappa shape index (κ1) is 18.4. The first-order chi connectivity index (χ1) is 11.2. The van der Waals surface area contributed by atoms with E-state index in [0.717, 1.165) is 15.8 Å². The number of hydrogen-bond donors (Lipinski definition) is 0.